The second kappa shape index (κ2) is 5.33. The van der Waals surface area contributed by atoms with Crippen molar-refractivity contribution in [2.45, 2.75) is 6.54 Å². The monoisotopic (exact) mass is 447 g/mol. The Morgan fingerprint density at radius 3 is 2.80 bits per heavy atom. The minimum Gasteiger partial charge on any atom is -0.408 e. The fraction of sp³-hybridized carbons (Fsp3) is 0.0714. The van der Waals surface area contributed by atoms with E-state index in [0.29, 0.717) is 16.6 Å². The van der Waals surface area contributed by atoms with Gasteiger partial charge in [0.25, 0.3) is 0 Å². The van der Waals surface area contributed by atoms with E-state index in [1.807, 2.05) is 12.1 Å². The lowest BCUT2D eigenvalue weighted by molar-refractivity contribution is 0.517. The molecule has 3 nitrogen and oxygen atoms in total. The van der Waals surface area contributed by atoms with Crippen LogP contribution in [0.4, 0.5) is 4.39 Å². The molecule has 0 unspecified atom stereocenters. The topological polar surface area (TPSA) is 35.1 Å². The van der Waals surface area contributed by atoms with Gasteiger partial charge in [0.05, 0.1) is 12.1 Å². The fourth-order valence-corrected chi connectivity index (χ4v) is 2.96. The number of benzene rings is 2. The molecule has 1 aromatic heterocycles. The summed E-state index contributed by atoms with van der Waals surface area (Å²) in [5.74, 6) is -0.738. The Labute approximate surface area is 135 Å². The summed E-state index contributed by atoms with van der Waals surface area (Å²) in [6.45, 7) is 0.326. The molecule has 0 aliphatic rings. The average molecular weight is 448 g/mol. The first-order valence-electron chi connectivity index (χ1n) is 5.77. The van der Waals surface area contributed by atoms with Gasteiger partial charge in [-0.25, -0.2) is 9.18 Å². The Kier molecular flexibility index (Phi) is 3.68. The van der Waals surface area contributed by atoms with Gasteiger partial charge in [0.15, 0.2) is 5.58 Å². The highest BCUT2D eigenvalue weighted by Gasteiger charge is 2.11. The summed E-state index contributed by atoms with van der Waals surface area (Å²) in [6.07, 6.45) is 0. The summed E-state index contributed by atoms with van der Waals surface area (Å²) >= 11 is 5.49. The number of halogens is 3. The zero-order valence-electron chi connectivity index (χ0n) is 10.1. The molecule has 102 valence electrons. The van der Waals surface area contributed by atoms with Crippen molar-refractivity contribution in [3.63, 3.8) is 0 Å². The standard InChI is InChI=1S/C14H8BrFINO2/c15-11-5-9(16)2-1-8(11)7-18-12-6-10(17)3-4-13(12)20-14(18)19/h1-6H,7H2. The van der Waals surface area contributed by atoms with Crippen LogP contribution in [0.2, 0.25) is 0 Å². The minimum atomic E-state index is -0.418. The van der Waals surface area contributed by atoms with Crippen LogP contribution < -0.4 is 5.76 Å². The van der Waals surface area contributed by atoms with Gasteiger partial charge in [-0.2, -0.15) is 0 Å². The molecule has 0 bridgehead atoms. The second-order valence-electron chi connectivity index (χ2n) is 4.30. The molecule has 0 radical (unpaired) electrons. The molecule has 0 amide bonds. The van der Waals surface area contributed by atoms with E-state index in [1.54, 1.807) is 12.1 Å². The lowest BCUT2D eigenvalue weighted by Crippen LogP contribution is -2.15. The van der Waals surface area contributed by atoms with Gasteiger partial charge in [-0.1, -0.05) is 22.0 Å². The van der Waals surface area contributed by atoms with E-state index in [4.69, 9.17) is 4.42 Å². The third kappa shape index (κ3) is 2.54. The Bertz CT molecular complexity index is 856. The van der Waals surface area contributed by atoms with Crippen molar-refractivity contribution in [2.75, 3.05) is 0 Å². The van der Waals surface area contributed by atoms with E-state index in [9.17, 15) is 9.18 Å². The molecule has 6 heteroatoms. The quantitative estimate of drug-likeness (QED) is 0.553. The van der Waals surface area contributed by atoms with Crippen LogP contribution >= 0.6 is 38.5 Å². The van der Waals surface area contributed by atoms with Crippen LogP contribution in [0.5, 0.6) is 0 Å². The zero-order valence-corrected chi connectivity index (χ0v) is 13.8. The first-order chi connectivity index (χ1) is 9.54. The molecule has 0 aliphatic heterocycles. The molecule has 0 fully saturated rings. The highest BCUT2D eigenvalue weighted by atomic mass is 127. The van der Waals surface area contributed by atoms with Crippen molar-refractivity contribution in [3.8, 4) is 0 Å². The smallest absolute Gasteiger partial charge is 0.408 e. The van der Waals surface area contributed by atoms with E-state index >= 15 is 0 Å². The average Bonchev–Trinajstić information content (AvgIpc) is 2.69. The number of aromatic nitrogens is 1. The minimum absolute atomic E-state index is 0.320. The lowest BCUT2D eigenvalue weighted by atomic mass is 10.2. The fourth-order valence-electron chi connectivity index (χ4n) is 2.01. The molecule has 0 spiro atoms. The van der Waals surface area contributed by atoms with Crippen molar-refractivity contribution in [2.24, 2.45) is 0 Å². The van der Waals surface area contributed by atoms with Gasteiger partial charge in [0, 0.05) is 8.04 Å². The predicted octanol–water partition coefficient (Wildman–Crippen LogP) is 4.15. The number of oxazole rings is 1. The number of hydrogen-bond donors (Lipinski definition) is 0. The van der Waals surface area contributed by atoms with Crippen LogP contribution in [-0.2, 0) is 6.54 Å². The molecular formula is C14H8BrFINO2. The summed E-state index contributed by atoms with van der Waals surface area (Å²) in [7, 11) is 0. The molecular weight excluding hydrogens is 440 g/mol. The van der Waals surface area contributed by atoms with Crippen molar-refractivity contribution in [1.29, 1.82) is 0 Å². The van der Waals surface area contributed by atoms with Crippen LogP contribution in [-0.4, -0.2) is 4.57 Å². The summed E-state index contributed by atoms with van der Waals surface area (Å²) < 4.78 is 21.5. The predicted molar refractivity (Wildman–Crippen MR) is 86.4 cm³/mol. The number of hydrogen-bond acceptors (Lipinski definition) is 2. The molecule has 0 saturated carbocycles. The van der Waals surface area contributed by atoms with Crippen molar-refractivity contribution in [3.05, 3.63) is 66.4 Å². The molecule has 0 aliphatic carbocycles. The SMILES string of the molecule is O=c1oc2ccc(I)cc2n1Cc1ccc(F)cc1Br. The molecule has 1 heterocycles. The maximum atomic E-state index is 13.1. The summed E-state index contributed by atoms with van der Waals surface area (Å²) in [4.78, 5) is 11.9. The highest BCUT2D eigenvalue weighted by molar-refractivity contribution is 14.1. The first-order valence-corrected chi connectivity index (χ1v) is 7.64. The van der Waals surface area contributed by atoms with Crippen LogP contribution in [0, 0.1) is 9.39 Å². The van der Waals surface area contributed by atoms with Gasteiger partial charge < -0.3 is 4.42 Å². The Morgan fingerprint density at radius 2 is 2.05 bits per heavy atom. The summed E-state index contributed by atoms with van der Waals surface area (Å²) in [5, 5.41) is 0. The summed E-state index contributed by atoms with van der Waals surface area (Å²) in [6, 6.07) is 9.94. The van der Waals surface area contributed by atoms with E-state index in [-0.39, 0.29) is 5.82 Å². The first kappa shape index (κ1) is 13.8. The highest BCUT2D eigenvalue weighted by Crippen LogP contribution is 2.22. The summed E-state index contributed by atoms with van der Waals surface area (Å²) in [5.41, 5.74) is 2.10. The molecule has 0 atom stereocenters. The van der Waals surface area contributed by atoms with Gasteiger partial charge in [-0.15, -0.1) is 0 Å². The second-order valence-corrected chi connectivity index (χ2v) is 6.40. The molecule has 20 heavy (non-hydrogen) atoms. The van der Waals surface area contributed by atoms with E-state index < -0.39 is 5.76 Å². The Morgan fingerprint density at radius 1 is 1.25 bits per heavy atom. The van der Waals surface area contributed by atoms with Crippen molar-refractivity contribution >= 4 is 49.6 Å². The van der Waals surface area contributed by atoms with E-state index in [1.165, 1.54) is 16.7 Å². The number of rotatable bonds is 2. The molecule has 2 aromatic carbocycles. The maximum absolute atomic E-state index is 13.1. The normalized spacial score (nSPS) is 11.2. The third-order valence-corrected chi connectivity index (χ3v) is 4.38. The third-order valence-electron chi connectivity index (χ3n) is 2.97. The molecule has 0 N–H and O–H groups in total. The number of fused-ring (bicyclic) bond motifs is 1. The van der Waals surface area contributed by atoms with Gasteiger partial charge >= 0.3 is 5.76 Å². The van der Waals surface area contributed by atoms with Crippen LogP contribution in [0.15, 0.2) is 50.1 Å². The van der Waals surface area contributed by atoms with Crippen molar-refractivity contribution in [1.82, 2.24) is 4.57 Å². The van der Waals surface area contributed by atoms with Crippen LogP contribution in [0.1, 0.15) is 5.56 Å². The largest absolute Gasteiger partial charge is 0.420 e. The van der Waals surface area contributed by atoms with Gasteiger partial charge in [0.2, 0.25) is 0 Å². The maximum Gasteiger partial charge on any atom is 0.420 e. The number of nitrogens with zero attached hydrogens (tertiary/aromatic N) is 1. The van der Waals surface area contributed by atoms with Gasteiger partial charge in [-0.05, 0) is 58.5 Å². The van der Waals surface area contributed by atoms with Gasteiger partial charge in [0.1, 0.15) is 5.82 Å². The lowest BCUT2D eigenvalue weighted by Gasteiger charge is -2.05. The zero-order chi connectivity index (χ0) is 14.3. The Hall–Kier alpha value is -1.15. The molecule has 3 aromatic rings. The van der Waals surface area contributed by atoms with E-state index in [2.05, 4.69) is 38.5 Å². The molecule has 0 saturated heterocycles. The Balaban J connectivity index is 2.12. The van der Waals surface area contributed by atoms with E-state index in [0.717, 1.165) is 14.7 Å². The molecule has 3 rings (SSSR count). The van der Waals surface area contributed by atoms with Crippen LogP contribution in [0.25, 0.3) is 11.1 Å². The van der Waals surface area contributed by atoms with Crippen molar-refractivity contribution < 1.29 is 8.81 Å². The van der Waals surface area contributed by atoms with Gasteiger partial charge in [-0.3, -0.25) is 4.57 Å². The van der Waals surface area contributed by atoms with Crippen LogP contribution in [0.3, 0.4) is 0 Å².